The van der Waals surface area contributed by atoms with Crippen LogP contribution in [0.15, 0.2) is 18.3 Å². The zero-order chi connectivity index (χ0) is 13.8. The molecule has 0 radical (unpaired) electrons. The molecule has 0 saturated carbocycles. The van der Waals surface area contributed by atoms with E-state index in [0.717, 1.165) is 18.8 Å². The van der Waals surface area contributed by atoms with E-state index in [1.54, 1.807) is 0 Å². The van der Waals surface area contributed by atoms with Crippen molar-refractivity contribution in [2.45, 2.75) is 59.3 Å². The molecule has 0 amide bonds. The van der Waals surface area contributed by atoms with Crippen molar-refractivity contribution in [3.63, 3.8) is 0 Å². The third-order valence-corrected chi connectivity index (χ3v) is 3.00. The highest BCUT2D eigenvalue weighted by Crippen LogP contribution is 2.07. The molecule has 1 aromatic rings. The maximum atomic E-state index is 4.52. The lowest BCUT2D eigenvalue weighted by atomic mass is 10.1. The molecule has 0 aliphatic carbocycles. The first-order valence-electron chi connectivity index (χ1n) is 6.67. The van der Waals surface area contributed by atoms with Crippen LogP contribution >= 0.6 is 0 Å². The van der Waals surface area contributed by atoms with Crippen molar-refractivity contribution >= 4 is 0 Å². The normalized spacial score (nSPS) is 12.4. The highest BCUT2D eigenvalue weighted by Gasteiger charge is 2.09. The summed E-state index contributed by atoms with van der Waals surface area (Å²) in [6, 6.07) is 4.84. The van der Waals surface area contributed by atoms with E-state index in [4.69, 9.17) is 0 Å². The van der Waals surface area contributed by atoms with Crippen LogP contribution in [-0.4, -0.2) is 28.5 Å². The van der Waals surface area contributed by atoms with Gasteiger partial charge in [-0.3, -0.25) is 9.88 Å². The highest BCUT2D eigenvalue weighted by atomic mass is 15.1. The SMILES string of the molecule is CC(C)N(C)Cc1ccc(CNC(C)(C)C)cn1. The second-order valence-corrected chi connectivity index (χ2v) is 6.27. The molecular formula is C15H27N3. The third kappa shape index (κ3) is 5.61. The van der Waals surface area contributed by atoms with Gasteiger partial charge in [0.2, 0.25) is 0 Å². The Morgan fingerprint density at radius 2 is 1.94 bits per heavy atom. The number of nitrogens with zero attached hydrogens (tertiary/aromatic N) is 2. The van der Waals surface area contributed by atoms with E-state index in [2.05, 4.69) is 69.0 Å². The quantitative estimate of drug-likeness (QED) is 0.870. The lowest BCUT2D eigenvalue weighted by Gasteiger charge is -2.21. The molecule has 1 N–H and O–H groups in total. The van der Waals surface area contributed by atoms with E-state index in [0.29, 0.717) is 6.04 Å². The van der Waals surface area contributed by atoms with Crippen LogP contribution in [0.1, 0.15) is 45.9 Å². The van der Waals surface area contributed by atoms with E-state index in [-0.39, 0.29) is 5.54 Å². The van der Waals surface area contributed by atoms with Crippen molar-refractivity contribution < 1.29 is 0 Å². The Hall–Kier alpha value is -0.930. The second kappa shape index (κ2) is 6.30. The molecule has 0 atom stereocenters. The van der Waals surface area contributed by atoms with Gasteiger partial charge in [-0.1, -0.05) is 6.07 Å². The summed E-state index contributed by atoms with van der Waals surface area (Å²) in [5.74, 6) is 0. The monoisotopic (exact) mass is 249 g/mol. The molecule has 1 aromatic heterocycles. The summed E-state index contributed by atoms with van der Waals surface area (Å²) in [5, 5.41) is 3.47. The van der Waals surface area contributed by atoms with Crippen molar-refractivity contribution in [2.75, 3.05) is 7.05 Å². The predicted octanol–water partition coefficient (Wildman–Crippen LogP) is 2.81. The molecule has 18 heavy (non-hydrogen) atoms. The van der Waals surface area contributed by atoms with Crippen LogP contribution in [0.25, 0.3) is 0 Å². The Morgan fingerprint density at radius 1 is 1.28 bits per heavy atom. The van der Waals surface area contributed by atoms with Gasteiger partial charge in [-0.15, -0.1) is 0 Å². The fourth-order valence-corrected chi connectivity index (χ4v) is 1.46. The van der Waals surface area contributed by atoms with Crippen LogP contribution in [0.2, 0.25) is 0 Å². The van der Waals surface area contributed by atoms with Gasteiger partial charge in [-0.05, 0) is 53.3 Å². The molecule has 0 unspecified atom stereocenters. The van der Waals surface area contributed by atoms with E-state index < -0.39 is 0 Å². The van der Waals surface area contributed by atoms with Crippen LogP contribution in [-0.2, 0) is 13.1 Å². The molecule has 1 rings (SSSR count). The average molecular weight is 249 g/mol. The van der Waals surface area contributed by atoms with Gasteiger partial charge in [-0.25, -0.2) is 0 Å². The van der Waals surface area contributed by atoms with Gasteiger partial charge >= 0.3 is 0 Å². The Bertz CT molecular complexity index is 349. The number of aromatic nitrogens is 1. The molecule has 3 heteroatoms. The smallest absolute Gasteiger partial charge is 0.0544 e. The minimum atomic E-state index is 0.149. The summed E-state index contributed by atoms with van der Waals surface area (Å²) in [7, 11) is 2.13. The molecule has 1 heterocycles. The van der Waals surface area contributed by atoms with Crippen LogP contribution in [0.3, 0.4) is 0 Å². The van der Waals surface area contributed by atoms with Gasteiger partial charge in [0.15, 0.2) is 0 Å². The highest BCUT2D eigenvalue weighted by molar-refractivity contribution is 5.14. The van der Waals surface area contributed by atoms with Crippen LogP contribution in [0, 0.1) is 0 Å². The van der Waals surface area contributed by atoms with Crippen molar-refractivity contribution in [3.05, 3.63) is 29.6 Å². The fourth-order valence-electron chi connectivity index (χ4n) is 1.46. The number of pyridine rings is 1. The second-order valence-electron chi connectivity index (χ2n) is 6.27. The first-order chi connectivity index (χ1) is 8.28. The minimum absolute atomic E-state index is 0.149. The van der Waals surface area contributed by atoms with Gasteiger partial charge < -0.3 is 5.32 Å². The van der Waals surface area contributed by atoms with Crippen LogP contribution in [0.4, 0.5) is 0 Å². The van der Waals surface area contributed by atoms with E-state index >= 15 is 0 Å². The lowest BCUT2D eigenvalue weighted by Crippen LogP contribution is -2.35. The first kappa shape index (κ1) is 15.1. The Balaban J connectivity index is 2.52. The minimum Gasteiger partial charge on any atom is -0.308 e. The molecule has 0 aliphatic heterocycles. The number of hydrogen-bond acceptors (Lipinski definition) is 3. The maximum Gasteiger partial charge on any atom is 0.0544 e. The molecule has 0 aliphatic rings. The molecule has 0 spiro atoms. The topological polar surface area (TPSA) is 28.2 Å². The summed E-state index contributed by atoms with van der Waals surface area (Å²) >= 11 is 0. The molecule has 102 valence electrons. The van der Waals surface area contributed by atoms with Gasteiger partial charge in [-0.2, -0.15) is 0 Å². The van der Waals surface area contributed by atoms with Crippen molar-refractivity contribution in [1.29, 1.82) is 0 Å². The summed E-state index contributed by atoms with van der Waals surface area (Å²) in [6.45, 7) is 12.7. The zero-order valence-electron chi connectivity index (χ0n) is 12.6. The van der Waals surface area contributed by atoms with Crippen molar-refractivity contribution in [2.24, 2.45) is 0 Å². The lowest BCUT2D eigenvalue weighted by molar-refractivity contribution is 0.262. The molecular weight excluding hydrogens is 222 g/mol. The summed E-state index contributed by atoms with van der Waals surface area (Å²) < 4.78 is 0. The van der Waals surface area contributed by atoms with Crippen molar-refractivity contribution in [3.8, 4) is 0 Å². The van der Waals surface area contributed by atoms with Crippen LogP contribution < -0.4 is 5.32 Å². The number of nitrogens with one attached hydrogen (secondary N) is 1. The van der Waals surface area contributed by atoms with Crippen molar-refractivity contribution in [1.82, 2.24) is 15.2 Å². The molecule has 0 bridgehead atoms. The summed E-state index contributed by atoms with van der Waals surface area (Å²) in [6.07, 6.45) is 1.97. The van der Waals surface area contributed by atoms with Gasteiger partial charge in [0.25, 0.3) is 0 Å². The largest absolute Gasteiger partial charge is 0.308 e. The van der Waals surface area contributed by atoms with E-state index in [1.807, 2.05) is 6.20 Å². The van der Waals surface area contributed by atoms with E-state index in [9.17, 15) is 0 Å². The molecule has 0 aromatic carbocycles. The summed E-state index contributed by atoms with van der Waals surface area (Å²) in [4.78, 5) is 6.81. The predicted molar refractivity (Wildman–Crippen MR) is 77.4 cm³/mol. The van der Waals surface area contributed by atoms with Gasteiger partial charge in [0.05, 0.1) is 5.69 Å². The fraction of sp³-hybridized carbons (Fsp3) is 0.667. The zero-order valence-corrected chi connectivity index (χ0v) is 12.6. The van der Waals surface area contributed by atoms with Gasteiger partial charge in [0, 0.05) is 30.9 Å². The standard InChI is InChI=1S/C15H27N3/c1-12(2)18(6)11-14-8-7-13(9-16-14)10-17-15(3,4)5/h7-9,12,17H,10-11H2,1-6H3. The maximum absolute atomic E-state index is 4.52. The Labute approximate surface area is 112 Å². The Morgan fingerprint density at radius 3 is 2.39 bits per heavy atom. The number of hydrogen-bond donors (Lipinski definition) is 1. The third-order valence-electron chi connectivity index (χ3n) is 3.00. The van der Waals surface area contributed by atoms with Gasteiger partial charge in [0.1, 0.15) is 0 Å². The average Bonchev–Trinajstić information content (AvgIpc) is 2.27. The Kier molecular flexibility index (Phi) is 5.29. The molecule has 3 nitrogen and oxygen atoms in total. The molecule has 0 saturated heterocycles. The van der Waals surface area contributed by atoms with E-state index in [1.165, 1.54) is 5.56 Å². The number of rotatable bonds is 5. The van der Waals surface area contributed by atoms with Crippen LogP contribution in [0.5, 0.6) is 0 Å². The summed E-state index contributed by atoms with van der Waals surface area (Å²) in [5.41, 5.74) is 2.52. The molecule has 0 fully saturated rings. The first-order valence-corrected chi connectivity index (χ1v) is 6.67.